The zero-order chi connectivity index (χ0) is 12.4. The predicted molar refractivity (Wildman–Crippen MR) is 67.1 cm³/mol. The summed E-state index contributed by atoms with van der Waals surface area (Å²) in [5, 5.41) is 3.54. The molecule has 0 amide bonds. The third-order valence-corrected chi connectivity index (χ3v) is 3.38. The van der Waals surface area contributed by atoms with Crippen LogP contribution in [0, 0.1) is 5.82 Å². The third kappa shape index (κ3) is 2.34. The van der Waals surface area contributed by atoms with Crippen LogP contribution in [0.5, 0.6) is 0 Å². The number of Topliss-reactive ketones (excluding diaryl/α,β-unsaturated/α-hetero) is 1. The Hall–Kier alpha value is -1.75. The summed E-state index contributed by atoms with van der Waals surface area (Å²) in [6.07, 6.45) is 0. The van der Waals surface area contributed by atoms with Crippen LogP contribution >= 0.6 is 11.3 Å². The molecule has 2 aromatic rings. The van der Waals surface area contributed by atoms with E-state index >= 15 is 0 Å². The number of anilines is 1. The van der Waals surface area contributed by atoms with Crippen LogP contribution in [-0.4, -0.2) is 17.8 Å². The molecule has 0 bridgehead atoms. The van der Waals surface area contributed by atoms with Gasteiger partial charge in [-0.1, -0.05) is 23.5 Å². The Labute approximate surface area is 102 Å². The molecule has 1 N–H and O–H groups in total. The highest BCUT2D eigenvalue weighted by atomic mass is 32.1. The first-order chi connectivity index (χ1) is 8.11. The normalized spacial score (nSPS) is 10.3. The number of hydrogen-bond acceptors (Lipinski definition) is 4. The highest BCUT2D eigenvalue weighted by Crippen LogP contribution is 2.33. The Morgan fingerprint density at radius 1 is 1.47 bits per heavy atom. The minimum absolute atomic E-state index is 0.123. The summed E-state index contributed by atoms with van der Waals surface area (Å²) in [5.41, 5.74) is 1.05. The van der Waals surface area contributed by atoms with Crippen molar-refractivity contribution in [3.63, 3.8) is 0 Å². The van der Waals surface area contributed by atoms with Crippen LogP contribution in [0.3, 0.4) is 0 Å². The number of nitrogens with zero attached hydrogens (tertiary/aromatic N) is 1. The molecule has 0 fully saturated rings. The van der Waals surface area contributed by atoms with Gasteiger partial charge >= 0.3 is 0 Å². The van der Waals surface area contributed by atoms with Crippen molar-refractivity contribution in [2.75, 3.05) is 12.4 Å². The van der Waals surface area contributed by atoms with Crippen LogP contribution in [0.4, 0.5) is 9.52 Å². The number of carbonyl (C=O) groups is 1. The quantitative estimate of drug-likeness (QED) is 0.851. The van der Waals surface area contributed by atoms with E-state index in [0.717, 1.165) is 0 Å². The van der Waals surface area contributed by atoms with Crippen LogP contribution in [0.15, 0.2) is 24.3 Å². The Morgan fingerprint density at radius 3 is 2.82 bits per heavy atom. The highest BCUT2D eigenvalue weighted by Gasteiger charge is 2.16. The molecule has 0 atom stereocenters. The molecule has 0 unspecified atom stereocenters. The monoisotopic (exact) mass is 250 g/mol. The van der Waals surface area contributed by atoms with E-state index in [1.165, 1.54) is 30.4 Å². The van der Waals surface area contributed by atoms with Gasteiger partial charge in [0.1, 0.15) is 11.5 Å². The molecule has 0 saturated carbocycles. The molecule has 0 radical (unpaired) electrons. The molecule has 0 saturated heterocycles. The maximum atomic E-state index is 13.2. The SMILES string of the molecule is CNc1nc(C(C)=O)c(-c2cccc(F)c2)s1. The number of thiazole rings is 1. The molecular weight excluding hydrogens is 239 g/mol. The van der Waals surface area contributed by atoms with Crippen molar-refractivity contribution >= 4 is 22.3 Å². The maximum Gasteiger partial charge on any atom is 0.183 e. The van der Waals surface area contributed by atoms with Gasteiger partial charge < -0.3 is 5.32 Å². The molecule has 0 aliphatic heterocycles. The highest BCUT2D eigenvalue weighted by molar-refractivity contribution is 7.19. The van der Waals surface area contributed by atoms with Crippen LogP contribution in [0.25, 0.3) is 10.4 Å². The van der Waals surface area contributed by atoms with E-state index in [2.05, 4.69) is 10.3 Å². The standard InChI is InChI=1S/C12H11FN2OS/c1-7(16)10-11(17-12(14-2)15-10)8-4-3-5-9(13)6-8/h3-6H,1-2H3,(H,14,15). The van der Waals surface area contributed by atoms with E-state index in [1.54, 1.807) is 19.2 Å². The van der Waals surface area contributed by atoms with Crippen molar-refractivity contribution < 1.29 is 9.18 Å². The zero-order valence-electron chi connectivity index (χ0n) is 9.45. The van der Waals surface area contributed by atoms with Crippen molar-refractivity contribution in [3.05, 3.63) is 35.8 Å². The molecule has 3 nitrogen and oxygen atoms in total. The molecule has 1 aromatic carbocycles. The van der Waals surface area contributed by atoms with Gasteiger partial charge in [-0.3, -0.25) is 4.79 Å². The fraction of sp³-hybridized carbons (Fsp3) is 0.167. The van der Waals surface area contributed by atoms with Gasteiger partial charge in [0, 0.05) is 14.0 Å². The van der Waals surface area contributed by atoms with Gasteiger partial charge in [0.25, 0.3) is 0 Å². The fourth-order valence-corrected chi connectivity index (χ4v) is 2.45. The van der Waals surface area contributed by atoms with Gasteiger partial charge in [0.15, 0.2) is 10.9 Å². The molecule has 17 heavy (non-hydrogen) atoms. The summed E-state index contributed by atoms with van der Waals surface area (Å²) >= 11 is 1.34. The van der Waals surface area contributed by atoms with Crippen molar-refractivity contribution in [1.29, 1.82) is 0 Å². The number of halogens is 1. The molecule has 0 aliphatic rings. The number of benzene rings is 1. The second-order valence-corrected chi connectivity index (χ2v) is 4.51. The van der Waals surface area contributed by atoms with Crippen molar-refractivity contribution in [3.8, 4) is 10.4 Å². The second-order valence-electron chi connectivity index (χ2n) is 3.51. The number of hydrogen-bond donors (Lipinski definition) is 1. The Morgan fingerprint density at radius 2 is 2.24 bits per heavy atom. The Kier molecular flexibility index (Phi) is 3.19. The van der Waals surface area contributed by atoms with E-state index < -0.39 is 0 Å². The summed E-state index contributed by atoms with van der Waals surface area (Å²) in [6.45, 7) is 1.46. The van der Waals surface area contributed by atoms with E-state index in [0.29, 0.717) is 21.3 Å². The maximum absolute atomic E-state index is 13.2. The average Bonchev–Trinajstić information content (AvgIpc) is 2.73. The molecule has 5 heteroatoms. The van der Waals surface area contributed by atoms with E-state index in [-0.39, 0.29) is 11.6 Å². The average molecular weight is 250 g/mol. The van der Waals surface area contributed by atoms with Crippen LogP contribution in [-0.2, 0) is 0 Å². The first-order valence-corrected chi connectivity index (χ1v) is 5.89. The van der Waals surface area contributed by atoms with E-state index in [1.807, 2.05) is 0 Å². The lowest BCUT2D eigenvalue weighted by Gasteiger charge is -1.99. The van der Waals surface area contributed by atoms with E-state index in [9.17, 15) is 9.18 Å². The second kappa shape index (κ2) is 4.63. The molecule has 0 spiro atoms. The van der Waals surface area contributed by atoms with Crippen molar-refractivity contribution in [2.45, 2.75) is 6.92 Å². The first kappa shape index (κ1) is 11.7. The lowest BCUT2D eigenvalue weighted by Crippen LogP contribution is -1.96. The largest absolute Gasteiger partial charge is 0.365 e. The number of nitrogens with one attached hydrogen (secondary N) is 1. The molecule has 1 aromatic heterocycles. The van der Waals surface area contributed by atoms with E-state index in [4.69, 9.17) is 0 Å². The molecular formula is C12H11FN2OS. The van der Waals surface area contributed by atoms with Gasteiger partial charge in [-0.05, 0) is 17.7 Å². The number of aromatic nitrogens is 1. The molecule has 1 heterocycles. The van der Waals surface area contributed by atoms with Crippen LogP contribution in [0.2, 0.25) is 0 Å². The van der Waals surface area contributed by atoms with Crippen molar-refractivity contribution in [1.82, 2.24) is 4.98 Å². The number of carbonyl (C=O) groups excluding carboxylic acids is 1. The van der Waals surface area contributed by atoms with Gasteiger partial charge in [-0.15, -0.1) is 0 Å². The minimum Gasteiger partial charge on any atom is -0.365 e. The predicted octanol–water partition coefficient (Wildman–Crippen LogP) is 3.19. The van der Waals surface area contributed by atoms with Gasteiger partial charge in [-0.2, -0.15) is 0 Å². The number of rotatable bonds is 3. The lowest BCUT2D eigenvalue weighted by molar-refractivity contribution is 0.101. The number of ketones is 1. The Bertz CT molecular complexity index is 565. The van der Waals surface area contributed by atoms with Crippen molar-refractivity contribution in [2.24, 2.45) is 0 Å². The minimum atomic E-state index is -0.323. The molecule has 88 valence electrons. The van der Waals surface area contributed by atoms with Crippen LogP contribution in [0.1, 0.15) is 17.4 Å². The summed E-state index contributed by atoms with van der Waals surface area (Å²) < 4.78 is 13.2. The van der Waals surface area contributed by atoms with Gasteiger partial charge in [0.2, 0.25) is 0 Å². The fourth-order valence-electron chi connectivity index (χ4n) is 1.49. The molecule has 0 aliphatic carbocycles. The molecule has 2 rings (SSSR count). The zero-order valence-corrected chi connectivity index (χ0v) is 10.3. The summed E-state index contributed by atoms with van der Waals surface area (Å²) in [6, 6.07) is 6.16. The summed E-state index contributed by atoms with van der Waals surface area (Å²) in [5.74, 6) is -0.446. The Balaban J connectivity index is 2.57. The topological polar surface area (TPSA) is 42.0 Å². The lowest BCUT2D eigenvalue weighted by atomic mass is 10.1. The van der Waals surface area contributed by atoms with Crippen LogP contribution < -0.4 is 5.32 Å². The smallest absolute Gasteiger partial charge is 0.183 e. The van der Waals surface area contributed by atoms with Gasteiger partial charge in [-0.25, -0.2) is 9.37 Å². The van der Waals surface area contributed by atoms with Gasteiger partial charge in [0.05, 0.1) is 4.88 Å². The summed E-state index contributed by atoms with van der Waals surface area (Å²) in [7, 11) is 1.73. The summed E-state index contributed by atoms with van der Waals surface area (Å²) in [4.78, 5) is 16.3. The third-order valence-electron chi connectivity index (χ3n) is 2.26. The first-order valence-electron chi connectivity index (χ1n) is 5.07.